The van der Waals surface area contributed by atoms with Crippen LogP contribution in [0.15, 0.2) is 41.0 Å². The molecule has 0 saturated heterocycles. The molecule has 0 saturated carbocycles. The van der Waals surface area contributed by atoms with Crippen molar-refractivity contribution in [3.8, 4) is 5.75 Å². The molecule has 0 aliphatic rings. The number of carbonyl (C=O) groups is 1. The number of hydrogen-bond donors (Lipinski definition) is 1. The Bertz CT molecular complexity index is 607. The zero-order chi connectivity index (χ0) is 15.8. The molecule has 22 heavy (non-hydrogen) atoms. The van der Waals surface area contributed by atoms with Crippen molar-refractivity contribution in [2.45, 2.75) is 5.75 Å². The zero-order valence-electron chi connectivity index (χ0n) is 11.7. The average Bonchev–Trinajstić information content (AvgIpc) is 2.99. The number of thioether (sulfide) groups is 1. The number of nitrogens with one attached hydrogen (secondary N) is 1. The lowest BCUT2D eigenvalue weighted by Gasteiger charge is -2.08. The molecule has 2 rings (SSSR count). The maximum absolute atomic E-state index is 12.9. The molecule has 0 aliphatic heterocycles. The van der Waals surface area contributed by atoms with Crippen LogP contribution in [0.25, 0.3) is 0 Å². The highest BCUT2D eigenvalue weighted by atomic mass is 35.5. The Balaban J connectivity index is 1.59. The molecule has 1 aromatic carbocycles. The molecule has 118 valence electrons. The molecule has 0 spiro atoms. The molecule has 0 radical (unpaired) electrons. The van der Waals surface area contributed by atoms with E-state index in [2.05, 4.69) is 5.32 Å². The Hall–Kier alpha value is -1.66. The number of hydrogen-bond acceptors (Lipinski definition) is 4. The third kappa shape index (κ3) is 5.61. The average molecular weight is 344 g/mol. The van der Waals surface area contributed by atoms with E-state index in [9.17, 15) is 9.18 Å². The number of furan rings is 1. The Labute approximate surface area is 137 Å². The highest BCUT2D eigenvalue weighted by Crippen LogP contribution is 2.24. The van der Waals surface area contributed by atoms with Gasteiger partial charge in [-0.05, 0) is 30.3 Å². The fourth-order valence-corrected chi connectivity index (χ4v) is 2.59. The van der Waals surface area contributed by atoms with Crippen LogP contribution in [0.5, 0.6) is 5.75 Å². The van der Waals surface area contributed by atoms with E-state index in [0.29, 0.717) is 6.54 Å². The summed E-state index contributed by atoms with van der Waals surface area (Å²) < 4.78 is 23.3. The second-order valence-electron chi connectivity index (χ2n) is 4.35. The van der Waals surface area contributed by atoms with Crippen LogP contribution >= 0.6 is 23.4 Å². The standard InChI is InChI=1S/C15H15ClFNO3S/c16-13-8-11(17)3-4-14(13)21-9-15(19)18-5-7-22-10-12-2-1-6-20-12/h1-4,6,8H,5,7,9-10H2,(H,18,19). The highest BCUT2D eigenvalue weighted by Gasteiger charge is 2.06. The molecule has 0 unspecified atom stereocenters. The van der Waals surface area contributed by atoms with E-state index in [-0.39, 0.29) is 23.3 Å². The summed E-state index contributed by atoms with van der Waals surface area (Å²) in [6.07, 6.45) is 1.63. The van der Waals surface area contributed by atoms with Crippen LogP contribution < -0.4 is 10.1 Å². The van der Waals surface area contributed by atoms with Crippen molar-refractivity contribution >= 4 is 29.3 Å². The number of carbonyl (C=O) groups excluding carboxylic acids is 1. The van der Waals surface area contributed by atoms with Gasteiger partial charge < -0.3 is 14.5 Å². The Morgan fingerprint density at radius 3 is 3.00 bits per heavy atom. The fourth-order valence-electron chi connectivity index (χ4n) is 1.62. The van der Waals surface area contributed by atoms with Gasteiger partial charge >= 0.3 is 0 Å². The van der Waals surface area contributed by atoms with Crippen molar-refractivity contribution in [1.29, 1.82) is 0 Å². The van der Waals surface area contributed by atoms with E-state index in [1.165, 1.54) is 12.1 Å². The summed E-state index contributed by atoms with van der Waals surface area (Å²) in [6, 6.07) is 7.51. The van der Waals surface area contributed by atoms with Gasteiger partial charge in [-0.1, -0.05) is 11.6 Å². The second kappa shape index (κ2) is 8.70. The minimum Gasteiger partial charge on any atom is -0.482 e. The van der Waals surface area contributed by atoms with E-state index in [1.807, 2.05) is 12.1 Å². The first-order valence-corrected chi connectivity index (χ1v) is 8.13. The molecule has 0 atom stereocenters. The summed E-state index contributed by atoms with van der Waals surface area (Å²) in [5.41, 5.74) is 0. The first kappa shape index (κ1) is 16.7. The smallest absolute Gasteiger partial charge is 0.257 e. The van der Waals surface area contributed by atoms with Gasteiger partial charge in [0.25, 0.3) is 5.91 Å². The van der Waals surface area contributed by atoms with Crippen LogP contribution in [-0.4, -0.2) is 24.8 Å². The lowest BCUT2D eigenvalue weighted by Crippen LogP contribution is -2.30. The van der Waals surface area contributed by atoms with Gasteiger partial charge in [-0.3, -0.25) is 4.79 Å². The van der Waals surface area contributed by atoms with Gasteiger partial charge in [0.15, 0.2) is 6.61 Å². The quantitative estimate of drug-likeness (QED) is 0.745. The minimum atomic E-state index is -0.449. The highest BCUT2D eigenvalue weighted by molar-refractivity contribution is 7.98. The number of rotatable bonds is 8. The van der Waals surface area contributed by atoms with Crippen molar-refractivity contribution in [3.63, 3.8) is 0 Å². The molecular weight excluding hydrogens is 329 g/mol. The predicted molar refractivity (Wildman–Crippen MR) is 84.8 cm³/mol. The van der Waals surface area contributed by atoms with Crippen molar-refractivity contribution in [3.05, 3.63) is 53.2 Å². The third-order valence-electron chi connectivity index (χ3n) is 2.65. The van der Waals surface area contributed by atoms with Gasteiger partial charge in [0.2, 0.25) is 0 Å². The number of benzene rings is 1. The van der Waals surface area contributed by atoms with Crippen LogP contribution in [0.2, 0.25) is 5.02 Å². The van der Waals surface area contributed by atoms with Crippen LogP contribution in [0.4, 0.5) is 4.39 Å². The van der Waals surface area contributed by atoms with Crippen molar-refractivity contribution in [2.75, 3.05) is 18.9 Å². The third-order valence-corrected chi connectivity index (χ3v) is 3.92. The van der Waals surface area contributed by atoms with Crippen LogP contribution in [0, 0.1) is 5.82 Å². The van der Waals surface area contributed by atoms with Gasteiger partial charge in [-0.25, -0.2) is 4.39 Å². The van der Waals surface area contributed by atoms with E-state index in [0.717, 1.165) is 23.3 Å². The molecule has 1 heterocycles. The van der Waals surface area contributed by atoms with Crippen LogP contribution in [-0.2, 0) is 10.5 Å². The van der Waals surface area contributed by atoms with Gasteiger partial charge in [-0.15, -0.1) is 0 Å². The maximum Gasteiger partial charge on any atom is 0.257 e. The minimum absolute atomic E-state index is 0.141. The molecule has 0 fully saturated rings. The lowest BCUT2D eigenvalue weighted by atomic mass is 10.3. The summed E-state index contributed by atoms with van der Waals surface area (Å²) in [7, 11) is 0. The lowest BCUT2D eigenvalue weighted by molar-refractivity contribution is -0.122. The summed E-state index contributed by atoms with van der Waals surface area (Å²) in [6.45, 7) is 0.374. The molecule has 1 aromatic heterocycles. The summed E-state index contributed by atoms with van der Waals surface area (Å²) in [4.78, 5) is 11.6. The molecule has 1 N–H and O–H groups in total. The molecule has 0 bridgehead atoms. The van der Waals surface area contributed by atoms with Gasteiger partial charge in [0, 0.05) is 12.3 Å². The molecule has 0 aliphatic carbocycles. The maximum atomic E-state index is 12.9. The number of ether oxygens (including phenoxy) is 1. The molecule has 4 nitrogen and oxygen atoms in total. The Morgan fingerprint density at radius 1 is 1.41 bits per heavy atom. The van der Waals surface area contributed by atoms with Gasteiger partial charge in [0.05, 0.1) is 17.0 Å². The largest absolute Gasteiger partial charge is 0.482 e. The van der Waals surface area contributed by atoms with E-state index in [4.69, 9.17) is 20.8 Å². The van der Waals surface area contributed by atoms with Crippen LogP contribution in [0.1, 0.15) is 5.76 Å². The molecule has 7 heteroatoms. The van der Waals surface area contributed by atoms with Gasteiger partial charge in [0.1, 0.15) is 17.3 Å². The second-order valence-corrected chi connectivity index (χ2v) is 5.86. The van der Waals surface area contributed by atoms with Crippen molar-refractivity contribution in [1.82, 2.24) is 5.32 Å². The molecule has 1 amide bonds. The topological polar surface area (TPSA) is 51.5 Å². The van der Waals surface area contributed by atoms with E-state index < -0.39 is 5.82 Å². The fraction of sp³-hybridized carbons (Fsp3) is 0.267. The van der Waals surface area contributed by atoms with Crippen LogP contribution in [0.3, 0.4) is 0 Å². The van der Waals surface area contributed by atoms with E-state index in [1.54, 1.807) is 18.0 Å². The SMILES string of the molecule is O=C(COc1ccc(F)cc1Cl)NCCSCc1ccco1. The Kier molecular flexibility index (Phi) is 6.61. The molecular formula is C15H15ClFNO3S. The number of amides is 1. The monoisotopic (exact) mass is 343 g/mol. The first-order chi connectivity index (χ1) is 10.6. The summed E-state index contributed by atoms with van der Waals surface area (Å²) >= 11 is 7.46. The normalized spacial score (nSPS) is 10.5. The van der Waals surface area contributed by atoms with E-state index >= 15 is 0 Å². The van der Waals surface area contributed by atoms with Crippen molar-refractivity contribution < 1.29 is 18.3 Å². The predicted octanol–water partition coefficient (Wildman–Crippen LogP) is 3.50. The Morgan fingerprint density at radius 2 is 2.27 bits per heavy atom. The first-order valence-electron chi connectivity index (χ1n) is 6.60. The van der Waals surface area contributed by atoms with Crippen molar-refractivity contribution in [2.24, 2.45) is 0 Å². The zero-order valence-corrected chi connectivity index (χ0v) is 13.3. The summed E-state index contributed by atoms with van der Waals surface area (Å²) in [5.74, 6) is 2.03. The number of halogens is 2. The van der Waals surface area contributed by atoms with Gasteiger partial charge in [-0.2, -0.15) is 11.8 Å². The molecule has 2 aromatic rings. The summed E-state index contributed by atoms with van der Waals surface area (Å²) in [5, 5.41) is 2.87.